The highest BCUT2D eigenvalue weighted by atomic mass is 16.3. The van der Waals surface area contributed by atoms with Gasteiger partial charge in [0, 0.05) is 12.6 Å². The number of carbonyl (C=O) groups excluding carboxylic acids is 1. The van der Waals surface area contributed by atoms with Gasteiger partial charge in [0.25, 0.3) is 0 Å². The first-order valence-corrected chi connectivity index (χ1v) is 6.93. The van der Waals surface area contributed by atoms with Crippen LogP contribution in [0.4, 0.5) is 10.5 Å². The summed E-state index contributed by atoms with van der Waals surface area (Å²) in [7, 11) is 1.64. The van der Waals surface area contributed by atoms with Crippen LogP contribution >= 0.6 is 0 Å². The van der Waals surface area contributed by atoms with Crippen LogP contribution in [0.5, 0.6) is 0 Å². The monoisotopic (exact) mass is 299 g/mol. The molecule has 7 nitrogen and oxygen atoms in total. The molecule has 0 spiro atoms. The zero-order valence-electron chi connectivity index (χ0n) is 12.2. The van der Waals surface area contributed by atoms with Crippen molar-refractivity contribution in [3.05, 3.63) is 42.4 Å². The number of nitrogens with two attached hydrogens (primary N) is 1. The highest BCUT2D eigenvalue weighted by molar-refractivity contribution is 5.76. The molecule has 1 aromatic heterocycles. The predicted octanol–water partition coefficient (Wildman–Crippen LogP) is 0.912. The molecule has 114 valence electrons. The summed E-state index contributed by atoms with van der Waals surface area (Å²) >= 11 is 0. The van der Waals surface area contributed by atoms with Crippen LogP contribution in [0.15, 0.2) is 36.5 Å². The van der Waals surface area contributed by atoms with E-state index in [1.54, 1.807) is 7.05 Å². The van der Waals surface area contributed by atoms with E-state index in [1.807, 2.05) is 30.3 Å². The van der Waals surface area contributed by atoms with Gasteiger partial charge in [-0.25, -0.2) is 14.8 Å². The van der Waals surface area contributed by atoms with Crippen molar-refractivity contribution in [3.63, 3.8) is 0 Å². The number of aromatic nitrogens is 2. The van der Waals surface area contributed by atoms with E-state index in [0.717, 1.165) is 5.56 Å². The summed E-state index contributed by atoms with van der Waals surface area (Å²) in [6.07, 6.45) is 0.681. The lowest BCUT2D eigenvalue weighted by Crippen LogP contribution is -2.34. The fourth-order valence-electron chi connectivity index (χ4n) is 2.42. The van der Waals surface area contributed by atoms with E-state index >= 15 is 0 Å². The van der Waals surface area contributed by atoms with Gasteiger partial charge in [-0.3, -0.25) is 4.90 Å². The van der Waals surface area contributed by atoms with E-state index in [4.69, 9.17) is 5.73 Å². The normalized spacial score (nSPS) is 18.1. The molecule has 22 heavy (non-hydrogen) atoms. The van der Waals surface area contributed by atoms with Gasteiger partial charge in [0.15, 0.2) is 0 Å². The molecule has 7 heteroatoms. The molecule has 0 aliphatic carbocycles. The van der Waals surface area contributed by atoms with Gasteiger partial charge in [0.1, 0.15) is 12.1 Å². The number of anilines is 1. The van der Waals surface area contributed by atoms with Crippen LogP contribution < -0.4 is 5.73 Å². The van der Waals surface area contributed by atoms with Crippen LogP contribution in [-0.2, 0) is 6.54 Å². The smallest absolute Gasteiger partial charge is 0.322 e. The van der Waals surface area contributed by atoms with Crippen molar-refractivity contribution in [1.82, 2.24) is 19.8 Å². The van der Waals surface area contributed by atoms with E-state index < -0.39 is 6.23 Å². The molecule has 1 unspecified atom stereocenters. The van der Waals surface area contributed by atoms with Crippen LogP contribution in [0.2, 0.25) is 0 Å². The van der Waals surface area contributed by atoms with Gasteiger partial charge in [0.05, 0.1) is 30.7 Å². The average Bonchev–Trinajstić information content (AvgIpc) is 2.76. The first-order chi connectivity index (χ1) is 10.6. The maximum atomic E-state index is 12.0. The first kappa shape index (κ1) is 14.3. The summed E-state index contributed by atoms with van der Waals surface area (Å²) in [5.74, 6) is 0.441. The van der Waals surface area contributed by atoms with Gasteiger partial charge in [-0.15, -0.1) is 0 Å². The third-order valence-electron chi connectivity index (χ3n) is 3.60. The fourth-order valence-corrected chi connectivity index (χ4v) is 2.42. The summed E-state index contributed by atoms with van der Waals surface area (Å²) in [6.45, 7) is 0.420. The summed E-state index contributed by atoms with van der Waals surface area (Å²) in [5.41, 5.74) is 7.92. The van der Waals surface area contributed by atoms with Gasteiger partial charge in [-0.2, -0.15) is 0 Å². The number of amides is 2. The van der Waals surface area contributed by atoms with Crippen LogP contribution in [-0.4, -0.2) is 50.7 Å². The number of nitrogen functional groups attached to an aromatic ring is 1. The van der Waals surface area contributed by atoms with Crippen LogP contribution in [0.25, 0.3) is 11.3 Å². The molecule has 1 saturated heterocycles. The van der Waals surface area contributed by atoms with Crippen molar-refractivity contribution in [3.8, 4) is 11.3 Å². The third kappa shape index (κ3) is 2.58. The molecule has 1 aliphatic rings. The lowest BCUT2D eigenvalue weighted by atomic mass is 10.1. The number of nitrogens with zero attached hydrogens (tertiary/aromatic N) is 4. The van der Waals surface area contributed by atoms with Gasteiger partial charge < -0.3 is 15.7 Å². The number of benzene rings is 1. The molecule has 3 rings (SSSR count). The molecule has 0 saturated carbocycles. The Bertz CT molecular complexity index is 692. The molecule has 2 amide bonds. The number of aliphatic hydroxyl groups excluding tert-OH is 1. The summed E-state index contributed by atoms with van der Waals surface area (Å²) < 4.78 is 0. The Kier molecular flexibility index (Phi) is 3.64. The molecule has 2 heterocycles. The van der Waals surface area contributed by atoms with Crippen molar-refractivity contribution >= 4 is 11.7 Å². The fraction of sp³-hybridized carbons (Fsp3) is 0.267. The molecule has 3 N–H and O–H groups in total. The maximum Gasteiger partial charge on any atom is 0.322 e. The Morgan fingerprint density at radius 3 is 2.73 bits per heavy atom. The first-order valence-electron chi connectivity index (χ1n) is 6.93. The van der Waals surface area contributed by atoms with E-state index in [-0.39, 0.29) is 19.1 Å². The van der Waals surface area contributed by atoms with E-state index in [2.05, 4.69) is 9.97 Å². The highest BCUT2D eigenvalue weighted by Crippen LogP contribution is 2.23. The van der Waals surface area contributed by atoms with Crippen molar-refractivity contribution in [2.75, 3.05) is 19.3 Å². The Morgan fingerprint density at radius 2 is 2.09 bits per heavy atom. The standard InChI is InChI=1S/C15H17N5O2/c1-19-9-13(21)20(15(19)22)8-12-17-7-11(16)14(18-12)10-5-3-2-4-6-10/h2-7,13,21H,8-9,16H2,1H3. The minimum Gasteiger partial charge on any atom is -0.396 e. The number of hydrogen-bond donors (Lipinski definition) is 2. The summed E-state index contributed by atoms with van der Waals surface area (Å²) in [4.78, 5) is 23.3. The van der Waals surface area contributed by atoms with Crippen molar-refractivity contribution in [2.24, 2.45) is 0 Å². The Hall–Kier alpha value is -2.67. The Morgan fingerprint density at radius 1 is 1.36 bits per heavy atom. The minimum absolute atomic E-state index is 0.143. The minimum atomic E-state index is -0.848. The molecule has 0 radical (unpaired) electrons. The second kappa shape index (κ2) is 5.61. The highest BCUT2D eigenvalue weighted by Gasteiger charge is 2.34. The van der Waals surface area contributed by atoms with Crippen LogP contribution in [0.3, 0.4) is 0 Å². The summed E-state index contributed by atoms with van der Waals surface area (Å²) in [6, 6.07) is 9.29. The number of likely N-dealkylation sites (N-methyl/N-ethyl adjacent to an activating group) is 1. The quantitative estimate of drug-likeness (QED) is 0.878. The molecule has 1 atom stereocenters. The number of rotatable bonds is 3. The van der Waals surface area contributed by atoms with Crippen molar-refractivity contribution < 1.29 is 9.90 Å². The van der Waals surface area contributed by atoms with E-state index in [0.29, 0.717) is 17.2 Å². The average molecular weight is 299 g/mol. The largest absolute Gasteiger partial charge is 0.396 e. The molecule has 0 bridgehead atoms. The van der Waals surface area contributed by atoms with Gasteiger partial charge in [-0.05, 0) is 0 Å². The van der Waals surface area contributed by atoms with E-state index in [1.165, 1.54) is 16.0 Å². The molecule has 1 aliphatic heterocycles. The number of β-amino-alcohol motifs (C(OH)–C–C–N with tert-alkyl or cyclic N) is 1. The predicted molar refractivity (Wildman–Crippen MR) is 81.5 cm³/mol. The lowest BCUT2D eigenvalue weighted by Gasteiger charge is -2.18. The van der Waals surface area contributed by atoms with E-state index in [9.17, 15) is 9.90 Å². The summed E-state index contributed by atoms with van der Waals surface area (Å²) in [5, 5.41) is 9.92. The topological polar surface area (TPSA) is 95.6 Å². The Labute approximate surface area is 128 Å². The number of aliphatic hydroxyl groups is 1. The SMILES string of the molecule is CN1CC(O)N(Cc2ncc(N)c(-c3ccccc3)n2)C1=O. The number of carbonyl (C=O) groups is 1. The third-order valence-corrected chi connectivity index (χ3v) is 3.60. The molecule has 1 fully saturated rings. The zero-order chi connectivity index (χ0) is 15.7. The van der Waals surface area contributed by atoms with Crippen LogP contribution in [0.1, 0.15) is 5.82 Å². The molecular weight excluding hydrogens is 282 g/mol. The number of urea groups is 1. The van der Waals surface area contributed by atoms with Gasteiger partial charge in [0.2, 0.25) is 0 Å². The second-order valence-electron chi connectivity index (χ2n) is 5.23. The van der Waals surface area contributed by atoms with Crippen molar-refractivity contribution in [2.45, 2.75) is 12.8 Å². The molecular formula is C15H17N5O2. The Balaban J connectivity index is 1.89. The lowest BCUT2D eigenvalue weighted by molar-refractivity contribution is 0.0574. The second-order valence-corrected chi connectivity index (χ2v) is 5.23. The van der Waals surface area contributed by atoms with Crippen LogP contribution in [0, 0.1) is 0 Å². The van der Waals surface area contributed by atoms with Crippen molar-refractivity contribution in [1.29, 1.82) is 0 Å². The van der Waals surface area contributed by atoms with Gasteiger partial charge in [-0.1, -0.05) is 30.3 Å². The zero-order valence-corrected chi connectivity index (χ0v) is 12.2. The molecule has 2 aromatic rings. The molecule has 1 aromatic carbocycles. The maximum absolute atomic E-state index is 12.0. The number of hydrogen-bond acceptors (Lipinski definition) is 5. The van der Waals surface area contributed by atoms with Gasteiger partial charge >= 0.3 is 6.03 Å².